The highest BCUT2D eigenvalue weighted by Crippen LogP contribution is 2.42. The average molecular weight is 302 g/mol. The molecule has 14 heavy (non-hydrogen) atoms. The Kier molecular flexibility index (Phi) is 3.96. The molecule has 1 saturated heterocycles. The van der Waals surface area contributed by atoms with Crippen molar-refractivity contribution < 1.29 is 4.74 Å². The van der Waals surface area contributed by atoms with E-state index >= 15 is 0 Å². The van der Waals surface area contributed by atoms with Crippen LogP contribution in [0.2, 0.25) is 0 Å². The second-order valence-electron chi connectivity index (χ2n) is 4.35. The number of hydrogen-bond donors (Lipinski definition) is 0. The molecule has 0 bridgehead atoms. The molecule has 0 spiro atoms. The molecule has 0 saturated carbocycles. The van der Waals surface area contributed by atoms with Gasteiger partial charge in [-0.05, 0) is 33.3 Å². The van der Waals surface area contributed by atoms with Gasteiger partial charge in [-0.1, -0.05) is 27.5 Å². The van der Waals surface area contributed by atoms with Crippen LogP contribution >= 0.6 is 39.1 Å². The van der Waals surface area contributed by atoms with Crippen molar-refractivity contribution in [3.05, 3.63) is 11.6 Å². The maximum atomic E-state index is 6.26. The van der Waals surface area contributed by atoms with E-state index in [1.54, 1.807) is 0 Å². The summed E-state index contributed by atoms with van der Waals surface area (Å²) in [5.74, 6) is 0. The summed E-state index contributed by atoms with van der Waals surface area (Å²) in [5.41, 5.74) is 0.771. The van der Waals surface area contributed by atoms with Crippen molar-refractivity contribution in [2.75, 3.05) is 0 Å². The van der Waals surface area contributed by atoms with Crippen LogP contribution in [0.3, 0.4) is 0 Å². The third-order valence-electron chi connectivity index (χ3n) is 2.67. The normalized spacial score (nSPS) is 43.0. The molecule has 0 N–H and O–H groups in total. The van der Waals surface area contributed by atoms with Gasteiger partial charge in [0.25, 0.3) is 0 Å². The van der Waals surface area contributed by atoms with Crippen molar-refractivity contribution in [1.29, 1.82) is 0 Å². The van der Waals surface area contributed by atoms with Gasteiger partial charge in [-0.15, -0.1) is 11.6 Å². The minimum absolute atomic E-state index is 0.0603. The molecule has 0 aliphatic carbocycles. The molecule has 1 rings (SSSR count). The van der Waals surface area contributed by atoms with E-state index in [1.165, 1.54) is 5.54 Å². The quantitative estimate of drug-likeness (QED) is 0.664. The first-order valence-corrected chi connectivity index (χ1v) is 6.37. The Morgan fingerprint density at radius 3 is 2.50 bits per heavy atom. The number of halogens is 3. The van der Waals surface area contributed by atoms with Crippen LogP contribution in [0.25, 0.3) is 0 Å². The molecule has 0 unspecified atom stereocenters. The molecule has 1 heterocycles. The number of alkyl halides is 2. The predicted octanol–water partition coefficient (Wildman–Crippen LogP) is 4.07. The Morgan fingerprint density at radius 1 is 1.43 bits per heavy atom. The van der Waals surface area contributed by atoms with Gasteiger partial charge < -0.3 is 4.74 Å². The number of ether oxygens (including phenoxy) is 1. The largest absolute Gasteiger partial charge is 0.363 e. The highest BCUT2D eigenvalue weighted by Gasteiger charge is 2.46. The predicted molar refractivity (Wildman–Crippen MR) is 65.5 cm³/mol. The fourth-order valence-corrected chi connectivity index (χ4v) is 2.89. The Balaban J connectivity index is 2.89. The van der Waals surface area contributed by atoms with E-state index in [0.717, 1.165) is 6.42 Å². The van der Waals surface area contributed by atoms with E-state index in [0.29, 0.717) is 0 Å². The minimum atomic E-state index is -0.475. The zero-order valence-corrected chi connectivity index (χ0v) is 11.7. The van der Waals surface area contributed by atoms with Crippen LogP contribution in [-0.4, -0.2) is 21.4 Å². The van der Waals surface area contributed by atoms with Crippen molar-refractivity contribution in [3.8, 4) is 0 Å². The molecule has 3 atom stereocenters. The molecule has 0 amide bonds. The van der Waals surface area contributed by atoms with Crippen LogP contribution in [0, 0.1) is 0 Å². The van der Waals surface area contributed by atoms with Crippen LogP contribution in [0.1, 0.15) is 27.2 Å². The van der Waals surface area contributed by atoms with Crippen LogP contribution in [0.5, 0.6) is 0 Å². The van der Waals surface area contributed by atoms with E-state index in [2.05, 4.69) is 29.8 Å². The summed E-state index contributed by atoms with van der Waals surface area (Å²) in [6.07, 6.45) is 2.68. The van der Waals surface area contributed by atoms with Gasteiger partial charge in [-0.2, -0.15) is 0 Å². The summed E-state index contributed by atoms with van der Waals surface area (Å²) in [5, 5.41) is -0.0603. The average Bonchev–Trinajstić information content (AvgIpc) is 2.01. The molecule has 1 aliphatic heterocycles. The molecule has 0 aromatic rings. The van der Waals surface area contributed by atoms with Gasteiger partial charge in [0.1, 0.15) is 5.60 Å². The van der Waals surface area contributed by atoms with Crippen LogP contribution < -0.4 is 0 Å². The molecule has 1 aliphatic rings. The highest BCUT2D eigenvalue weighted by atomic mass is 79.9. The van der Waals surface area contributed by atoms with Crippen molar-refractivity contribution in [1.82, 2.24) is 0 Å². The lowest BCUT2D eigenvalue weighted by atomic mass is 9.87. The van der Waals surface area contributed by atoms with E-state index in [1.807, 2.05) is 13.0 Å². The van der Waals surface area contributed by atoms with Gasteiger partial charge in [-0.25, -0.2) is 0 Å². The second kappa shape index (κ2) is 4.32. The van der Waals surface area contributed by atoms with E-state index < -0.39 is 5.60 Å². The Morgan fingerprint density at radius 2 is 2.00 bits per heavy atom. The van der Waals surface area contributed by atoms with Crippen molar-refractivity contribution >= 4 is 39.1 Å². The van der Waals surface area contributed by atoms with Crippen LogP contribution in [0.15, 0.2) is 11.6 Å². The molecule has 1 fully saturated rings. The number of hydrogen-bond acceptors (Lipinski definition) is 1. The first-order valence-electron chi connectivity index (χ1n) is 4.58. The monoisotopic (exact) mass is 300 g/mol. The van der Waals surface area contributed by atoms with Crippen molar-refractivity contribution in [2.24, 2.45) is 0 Å². The van der Waals surface area contributed by atoms with Crippen molar-refractivity contribution in [3.63, 3.8) is 0 Å². The lowest BCUT2D eigenvalue weighted by molar-refractivity contribution is -0.131. The molecule has 82 valence electrons. The first-order chi connectivity index (χ1) is 6.32. The van der Waals surface area contributed by atoms with Crippen LogP contribution in [-0.2, 0) is 4.74 Å². The highest BCUT2D eigenvalue weighted by molar-refractivity contribution is 9.09. The lowest BCUT2D eigenvalue weighted by Crippen LogP contribution is -2.54. The third kappa shape index (κ3) is 2.46. The molecular formula is C10H15BrCl2O. The molecule has 1 nitrogen and oxygen atoms in total. The Hall–Kier alpha value is 0.760. The van der Waals surface area contributed by atoms with Gasteiger partial charge in [0.05, 0.1) is 11.0 Å². The summed E-state index contributed by atoms with van der Waals surface area (Å²) in [4.78, 5) is 0.273. The molecule has 4 heteroatoms. The standard InChI is InChI=1S/C10H15BrCl2O/c1-9(2)7(11)6-8(13)10(3,14-9)4-5-12/h4-5,7-8H,6H2,1-3H3/b5-4+/t7-,8-,10-/m0/s1. The zero-order chi connectivity index (χ0) is 11.0. The van der Waals surface area contributed by atoms with Gasteiger partial charge in [0.2, 0.25) is 0 Å². The van der Waals surface area contributed by atoms with Gasteiger partial charge in [0.15, 0.2) is 0 Å². The lowest BCUT2D eigenvalue weighted by Gasteiger charge is -2.47. The summed E-state index contributed by atoms with van der Waals surface area (Å²) in [6, 6.07) is 0. The molecular weight excluding hydrogens is 287 g/mol. The Bertz CT molecular complexity index is 242. The maximum Gasteiger partial charge on any atom is 0.102 e. The van der Waals surface area contributed by atoms with E-state index in [-0.39, 0.29) is 15.8 Å². The SMILES string of the molecule is CC1(C)O[C@@](C)(/C=C/Cl)[C@@H](Cl)C[C@@H]1Br. The fraction of sp³-hybridized carbons (Fsp3) is 0.800. The zero-order valence-electron chi connectivity index (χ0n) is 8.56. The van der Waals surface area contributed by atoms with E-state index in [4.69, 9.17) is 27.9 Å². The first kappa shape index (κ1) is 12.8. The van der Waals surface area contributed by atoms with E-state index in [9.17, 15) is 0 Å². The molecule has 0 aromatic heterocycles. The maximum absolute atomic E-state index is 6.26. The topological polar surface area (TPSA) is 9.23 Å². The summed E-state index contributed by atoms with van der Waals surface area (Å²) in [7, 11) is 0. The van der Waals surface area contributed by atoms with Gasteiger partial charge in [-0.3, -0.25) is 0 Å². The summed E-state index contributed by atoms with van der Waals surface area (Å²) in [6.45, 7) is 6.06. The minimum Gasteiger partial charge on any atom is -0.363 e. The summed E-state index contributed by atoms with van der Waals surface area (Å²) < 4.78 is 5.98. The fourth-order valence-electron chi connectivity index (χ4n) is 1.66. The van der Waals surface area contributed by atoms with Gasteiger partial charge in [0, 0.05) is 10.4 Å². The molecule has 0 radical (unpaired) electrons. The smallest absolute Gasteiger partial charge is 0.102 e. The molecule has 0 aromatic carbocycles. The summed E-state index contributed by atoms with van der Waals surface area (Å²) >= 11 is 15.4. The van der Waals surface area contributed by atoms with Gasteiger partial charge >= 0.3 is 0 Å². The Labute approximate surface area is 104 Å². The van der Waals surface area contributed by atoms with Crippen LogP contribution in [0.4, 0.5) is 0 Å². The third-order valence-corrected chi connectivity index (χ3v) is 4.88. The second-order valence-corrected chi connectivity index (χ2v) is 6.24. The van der Waals surface area contributed by atoms with Crippen molar-refractivity contribution in [2.45, 2.75) is 48.6 Å². The number of rotatable bonds is 1.